The van der Waals surface area contributed by atoms with Crippen molar-refractivity contribution in [3.8, 4) is 11.5 Å². The molecule has 0 aliphatic heterocycles. The molecule has 0 atom stereocenters. The smallest absolute Gasteiger partial charge is 0.338 e. The van der Waals surface area contributed by atoms with Crippen molar-refractivity contribution in [2.24, 2.45) is 0 Å². The molecular weight excluding hydrogens is 346 g/mol. The lowest BCUT2D eigenvalue weighted by atomic mass is 10.2. The van der Waals surface area contributed by atoms with Crippen molar-refractivity contribution in [1.29, 1.82) is 0 Å². The van der Waals surface area contributed by atoms with Crippen molar-refractivity contribution in [2.75, 3.05) is 19.8 Å². The summed E-state index contributed by atoms with van der Waals surface area (Å²) in [5, 5.41) is 2.68. The highest BCUT2D eigenvalue weighted by molar-refractivity contribution is 5.91. The predicted octanol–water partition coefficient (Wildman–Crippen LogP) is 3.57. The molecule has 2 aromatic rings. The first kappa shape index (κ1) is 20.5. The first-order chi connectivity index (χ1) is 13.0. The molecule has 0 aliphatic rings. The molecule has 0 heterocycles. The van der Waals surface area contributed by atoms with Crippen molar-refractivity contribution >= 4 is 11.9 Å². The summed E-state index contributed by atoms with van der Waals surface area (Å²) in [6.07, 6.45) is 0.881. The summed E-state index contributed by atoms with van der Waals surface area (Å²) in [6.45, 7) is 4.66. The fourth-order valence-electron chi connectivity index (χ4n) is 2.17. The van der Waals surface area contributed by atoms with Gasteiger partial charge in [-0.3, -0.25) is 4.79 Å². The maximum atomic E-state index is 12.0. The topological polar surface area (TPSA) is 73.9 Å². The molecule has 0 fully saturated rings. The largest absolute Gasteiger partial charge is 0.457 e. The molecule has 1 N–H and O–H groups in total. The molecule has 0 saturated carbocycles. The molecular formula is C21H25NO5. The molecule has 144 valence electrons. The summed E-state index contributed by atoms with van der Waals surface area (Å²) in [4.78, 5) is 23.7. The van der Waals surface area contributed by atoms with Crippen LogP contribution in [0.15, 0.2) is 54.6 Å². The highest BCUT2D eigenvalue weighted by atomic mass is 16.5. The maximum absolute atomic E-state index is 12.0. The second kappa shape index (κ2) is 11.0. The SMILES string of the molecule is CC(C)OCCCNC(=O)COC(=O)c1ccc(Oc2ccccc2)cc1. The first-order valence-electron chi connectivity index (χ1n) is 8.93. The molecule has 0 aromatic heterocycles. The highest BCUT2D eigenvalue weighted by Crippen LogP contribution is 2.21. The van der Waals surface area contributed by atoms with Crippen molar-refractivity contribution in [3.05, 3.63) is 60.2 Å². The van der Waals surface area contributed by atoms with Crippen LogP contribution < -0.4 is 10.1 Å². The van der Waals surface area contributed by atoms with Gasteiger partial charge in [0.25, 0.3) is 5.91 Å². The van der Waals surface area contributed by atoms with Crippen LogP contribution >= 0.6 is 0 Å². The number of hydrogen-bond acceptors (Lipinski definition) is 5. The summed E-state index contributed by atoms with van der Waals surface area (Å²) in [5.74, 6) is 0.430. The monoisotopic (exact) mass is 371 g/mol. The Hall–Kier alpha value is -2.86. The van der Waals surface area contributed by atoms with E-state index in [-0.39, 0.29) is 18.6 Å². The van der Waals surface area contributed by atoms with Gasteiger partial charge in [-0.15, -0.1) is 0 Å². The van der Waals surface area contributed by atoms with Crippen LogP contribution in [0.5, 0.6) is 11.5 Å². The van der Waals surface area contributed by atoms with Crippen LogP contribution in [-0.2, 0) is 14.3 Å². The standard InChI is InChI=1S/C21H25NO5/c1-16(2)25-14-6-13-22-20(23)15-26-21(24)17-9-11-19(12-10-17)27-18-7-4-3-5-8-18/h3-5,7-12,16H,6,13-15H2,1-2H3,(H,22,23). The Labute approximate surface area is 159 Å². The minimum absolute atomic E-state index is 0.172. The Morgan fingerprint density at radius 2 is 1.63 bits per heavy atom. The molecule has 0 aliphatic carbocycles. The van der Waals surface area contributed by atoms with Gasteiger partial charge in [0.05, 0.1) is 11.7 Å². The summed E-state index contributed by atoms with van der Waals surface area (Å²) < 4.78 is 16.1. The molecule has 1 amide bonds. The van der Waals surface area contributed by atoms with Gasteiger partial charge >= 0.3 is 5.97 Å². The third-order valence-corrected chi connectivity index (χ3v) is 3.50. The van der Waals surface area contributed by atoms with Crippen LogP contribution in [0.1, 0.15) is 30.6 Å². The average molecular weight is 371 g/mol. The minimum atomic E-state index is -0.556. The number of ether oxygens (including phenoxy) is 3. The first-order valence-corrected chi connectivity index (χ1v) is 8.93. The number of carbonyl (C=O) groups is 2. The number of hydrogen-bond donors (Lipinski definition) is 1. The fraction of sp³-hybridized carbons (Fsp3) is 0.333. The van der Waals surface area contributed by atoms with Gasteiger partial charge in [-0.2, -0.15) is 0 Å². The summed E-state index contributed by atoms with van der Waals surface area (Å²) >= 11 is 0. The van der Waals surface area contributed by atoms with Crippen LogP contribution in [0, 0.1) is 0 Å². The number of nitrogens with one attached hydrogen (secondary N) is 1. The number of rotatable bonds is 10. The Morgan fingerprint density at radius 3 is 2.30 bits per heavy atom. The quantitative estimate of drug-likeness (QED) is 0.511. The normalized spacial score (nSPS) is 10.5. The van der Waals surface area contributed by atoms with Crippen LogP contribution in [0.2, 0.25) is 0 Å². The zero-order valence-corrected chi connectivity index (χ0v) is 15.6. The molecule has 0 unspecified atom stereocenters. The molecule has 6 heteroatoms. The van der Waals surface area contributed by atoms with E-state index in [1.54, 1.807) is 24.3 Å². The molecule has 6 nitrogen and oxygen atoms in total. The third kappa shape index (κ3) is 7.92. The van der Waals surface area contributed by atoms with Gasteiger partial charge in [0.1, 0.15) is 11.5 Å². The van der Waals surface area contributed by atoms with Gasteiger partial charge in [-0.1, -0.05) is 18.2 Å². The van der Waals surface area contributed by atoms with Gasteiger partial charge in [0, 0.05) is 13.2 Å². The Kier molecular flexibility index (Phi) is 8.32. The van der Waals surface area contributed by atoms with Crippen LogP contribution in [0.4, 0.5) is 0 Å². The van der Waals surface area contributed by atoms with Crippen molar-refractivity contribution < 1.29 is 23.8 Å². The van der Waals surface area contributed by atoms with E-state index < -0.39 is 5.97 Å². The van der Waals surface area contributed by atoms with Crippen molar-refractivity contribution in [1.82, 2.24) is 5.32 Å². The van der Waals surface area contributed by atoms with E-state index in [9.17, 15) is 9.59 Å². The van der Waals surface area contributed by atoms with Crippen LogP contribution in [0.3, 0.4) is 0 Å². The third-order valence-electron chi connectivity index (χ3n) is 3.50. The number of benzene rings is 2. The van der Waals surface area contributed by atoms with E-state index in [2.05, 4.69) is 5.32 Å². The van der Waals surface area contributed by atoms with Crippen LogP contribution in [0.25, 0.3) is 0 Å². The lowest BCUT2D eigenvalue weighted by Gasteiger charge is -2.09. The van der Waals surface area contributed by atoms with Gasteiger partial charge in [-0.25, -0.2) is 4.79 Å². The molecule has 2 aromatic carbocycles. The van der Waals surface area contributed by atoms with Crippen molar-refractivity contribution in [3.63, 3.8) is 0 Å². The second-order valence-corrected chi connectivity index (χ2v) is 6.14. The Morgan fingerprint density at radius 1 is 0.963 bits per heavy atom. The second-order valence-electron chi connectivity index (χ2n) is 6.14. The number of amides is 1. The molecule has 0 bridgehead atoms. The number of para-hydroxylation sites is 1. The number of carbonyl (C=O) groups excluding carboxylic acids is 2. The molecule has 27 heavy (non-hydrogen) atoms. The lowest BCUT2D eigenvalue weighted by Crippen LogP contribution is -2.30. The predicted molar refractivity (Wildman–Crippen MR) is 102 cm³/mol. The van der Waals surface area contributed by atoms with E-state index in [1.165, 1.54) is 0 Å². The number of esters is 1. The van der Waals surface area contributed by atoms with Gasteiger partial charge in [-0.05, 0) is 56.7 Å². The van der Waals surface area contributed by atoms with Crippen LogP contribution in [-0.4, -0.2) is 37.7 Å². The molecule has 0 radical (unpaired) electrons. The van der Waals surface area contributed by atoms with Crippen molar-refractivity contribution in [2.45, 2.75) is 26.4 Å². The summed E-state index contributed by atoms with van der Waals surface area (Å²) in [7, 11) is 0. The van der Waals surface area contributed by atoms with E-state index in [0.29, 0.717) is 36.6 Å². The molecule has 0 spiro atoms. The molecule has 2 rings (SSSR count). The van der Waals surface area contributed by atoms with E-state index in [0.717, 1.165) is 0 Å². The van der Waals surface area contributed by atoms with E-state index >= 15 is 0 Å². The zero-order chi connectivity index (χ0) is 19.5. The average Bonchev–Trinajstić information content (AvgIpc) is 2.67. The molecule has 0 saturated heterocycles. The highest BCUT2D eigenvalue weighted by Gasteiger charge is 2.10. The van der Waals surface area contributed by atoms with E-state index in [4.69, 9.17) is 14.2 Å². The summed E-state index contributed by atoms with van der Waals surface area (Å²) in [6, 6.07) is 15.9. The lowest BCUT2D eigenvalue weighted by molar-refractivity contribution is -0.124. The minimum Gasteiger partial charge on any atom is -0.457 e. The van der Waals surface area contributed by atoms with Gasteiger partial charge < -0.3 is 19.5 Å². The zero-order valence-electron chi connectivity index (χ0n) is 15.6. The Balaban J connectivity index is 1.70. The van der Waals surface area contributed by atoms with Gasteiger partial charge in [0.15, 0.2) is 6.61 Å². The van der Waals surface area contributed by atoms with Gasteiger partial charge in [0.2, 0.25) is 0 Å². The Bertz CT molecular complexity index is 713. The fourth-order valence-corrected chi connectivity index (χ4v) is 2.17. The summed E-state index contributed by atoms with van der Waals surface area (Å²) in [5.41, 5.74) is 0.355. The van der Waals surface area contributed by atoms with E-state index in [1.807, 2.05) is 44.2 Å². The maximum Gasteiger partial charge on any atom is 0.338 e.